The van der Waals surface area contributed by atoms with Crippen LogP contribution in [0.25, 0.3) is 0 Å². The van der Waals surface area contributed by atoms with Crippen LogP contribution in [0.4, 0.5) is 0 Å². The molecule has 0 aromatic rings. The number of ether oxygens (including phenoxy) is 1. The van der Waals surface area contributed by atoms with Gasteiger partial charge in [-0.15, -0.1) is 0 Å². The van der Waals surface area contributed by atoms with Crippen LogP contribution in [-0.2, 0) is 9.53 Å². The molecule has 1 unspecified atom stereocenters. The first-order chi connectivity index (χ1) is 17.4. The summed E-state index contributed by atoms with van der Waals surface area (Å²) in [5, 5.41) is 0. The summed E-state index contributed by atoms with van der Waals surface area (Å²) in [6.07, 6.45) is 18.5. The van der Waals surface area contributed by atoms with Crippen molar-refractivity contribution in [3.8, 4) is 0 Å². The molecule has 36 heavy (non-hydrogen) atoms. The number of amidine groups is 1. The standard InChI is InChI=1S/C28H44BrN5O2/c1-21-20-33(28-31-22(2)26(36-28)23-10-4-5-11-24(29)14-13-23)18-19-34(21)27(35)25(30)12-6-9-17-32-15-7-3-8-16-32/h4-5,10-11,14,21-23,25-26H,3,6-9,12-13,15-20,30H2,1-2H3/b10-4+,11-5-,24-14+/t21-,22+,23-,25-,26?/m1/s1. The Balaban J connectivity index is 1.22. The molecule has 0 bridgehead atoms. The minimum atomic E-state index is -0.405. The number of carbonyl (C=O) groups is 1. The largest absolute Gasteiger partial charge is 0.459 e. The lowest BCUT2D eigenvalue weighted by Gasteiger charge is -2.41. The van der Waals surface area contributed by atoms with Gasteiger partial charge in [-0.1, -0.05) is 53.1 Å². The second kappa shape index (κ2) is 13.2. The summed E-state index contributed by atoms with van der Waals surface area (Å²) < 4.78 is 7.51. The first-order valence-corrected chi connectivity index (χ1v) is 14.7. The summed E-state index contributed by atoms with van der Waals surface area (Å²) in [4.78, 5) is 24.7. The third kappa shape index (κ3) is 7.23. The van der Waals surface area contributed by atoms with Crippen molar-refractivity contribution in [3.63, 3.8) is 0 Å². The molecule has 2 N–H and O–H groups in total. The third-order valence-electron chi connectivity index (χ3n) is 7.95. The van der Waals surface area contributed by atoms with Gasteiger partial charge in [0.2, 0.25) is 5.91 Å². The highest BCUT2D eigenvalue weighted by molar-refractivity contribution is 9.11. The van der Waals surface area contributed by atoms with Crippen molar-refractivity contribution < 1.29 is 9.53 Å². The number of likely N-dealkylation sites (tertiary alicyclic amines) is 1. The van der Waals surface area contributed by atoms with E-state index >= 15 is 0 Å². The van der Waals surface area contributed by atoms with Gasteiger partial charge in [-0.2, -0.15) is 0 Å². The molecule has 2 fully saturated rings. The van der Waals surface area contributed by atoms with Crippen molar-refractivity contribution in [1.29, 1.82) is 0 Å². The molecule has 4 aliphatic rings. The Morgan fingerprint density at radius 3 is 2.75 bits per heavy atom. The van der Waals surface area contributed by atoms with Crippen molar-refractivity contribution in [3.05, 3.63) is 34.9 Å². The highest BCUT2D eigenvalue weighted by Crippen LogP contribution is 2.29. The normalized spacial score (nSPS) is 33.6. The first kappa shape index (κ1) is 27.4. The SMILES string of the molecule is C[C@@H]1N=C(N2CCN(C(=O)[C@H](N)CCCCN3CCCCC3)[C@H](C)C2)OC1[C@@H]1/C=C/C=C\C(Br)=C/C1. The fraction of sp³-hybridized carbons (Fsp3) is 0.714. The van der Waals surface area contributed by atoms with E-state index in [4.69, 9.17) is 15.5 Å². The lowest BCUT2D eigenvalue weighted by molar-refractivity contribution is -0.136. The van der Waals surface area contributed by atoms with Crippen LogP contribution in [0, 0.1) is 5.92 Å². The summed E-state index contributed by atoms with van der Waals surface area (Å²) in [6, 6.07) is 0.495. The number of aliphatic imine (C=N–C) groups is 1. The second-order valence-electron chi connectivity index (χ2n) is 10.8. The molecule has 1 amide bonds. The highest BCUT2D eigenvalue weighted by atomic mass is 79.9. The summed E-state index contributed by atoms with van der Waals surface area (Å²) >= 11 is 3.59. The average molecular weight is 563 g/mol. The van der Waals surface area contributed by atoms with Crippen molar-refractivity contribution in [2.75, 3.05) is 39.3 Å². The molecule has 2 saturated heterocycles. The molecule has 0 saturated carbocycles. The van der Waals surface area contributed by atoms with E-state index in [-0.39, 0.29) is 30.0 Å². The van der Waals surface area contributed by atoms with Crippen LogP contribution >= 0.6 is 15.9 Å². The Morgan fingerprint density at radius 2 is 1.97 bits per heavy atom. The van der Waals surface area contributed by atoms with E-state index in [1.807, 2.05) is 11.0 Å². The number of allylic oxidation sites excluding steroid dienone is 5. The summed E-state index contributed by atoms with van der Waals surface area (Å²) in [5.41, 5.74) is 6.35. The molecule has 200 valence electrons. The van der Waals surface area contributed by atoms with Gasteiger partial charge < -0.3 is 25.2 Å². The lowest BCUT2D eigenvalue weighted by Crippen LogP contribution is -2.58. The zero-order chi connectivity index (χ0) is 25.5. The molecule has 3 aliphatic heterocycles. The molecule has 3 heterocycles. The Bertz CT molecular complexity index is 866. The number of nitrogens with zero attached hydrogens (tertiary/aromatic N) is 4. The maximum Gasteiger partial charge on any atom is 0.288 e. The number of hydrogen-bond acceptors (Lipinski definition) is 6. The molecular formula is C28H44BrN5O2. The van der Waals surface area contributed by atoms with Gasteiger partial charge in [0.15, 0.2) is 0 Å². The van der Waals surface area contributed by atoms with Crippen LogP contribution in [0.1, 0.15) is 58.8 Å². The monoisotopic (exact) mass is 561 g/mol. The quantitative estimate of drug-likeness (QED) is 0.474. The van der Waals surface area contributed by atoms with E-state index in [1.165, 1.54) is 32.4 Å². The zero-order valence-corrected chi connectivity index (χ0v) is 23.6. The molecule has 0 radical (unpaired) electrons. The Hall–Kier alpha value is -1.64. The van der Waals surface area contributed by atoms with Crippen LogP contribution in [0.15, 0.2) is 39.9 Å². The first-order valence-electron chi connectivity index (χ1n) is 13.9. The van der Waals surface area contributed by atoms with Gasteiger partial charge in [0.25, 0.3) is 6.02 Å². The number of amides is 1. The highest BCUT2D eigenvalue weighted by Gasteiger charge is 2.38. The predicted molar refractivity (Wildman–Crippen MR) is 150 cm³/mol. The molecule has 4 rings (SSSR count). The molecule has 1 aliphatic carbocycles. The number of carbonyl (C=O) groups excluding carboxylic acids is 1. The van der Waals surface area contributed by atoms with Crippen molar-refractivity contribution >= 4 is 27.9 Å². The van der Waals surface area contributed by atoms with Gasteiger partial charge in [0.05, 0.1) is 12.1 Å². The second-order valence-corrected chi connectivity index (χ2v) is 11.7. The molecule has 0 aromatic heterocycles. The topological polar surface area (TPSA) is 74.4 Å². The molecular weight excluding hydrogens is 518 g/mol. The van der Waals surface area contributed by atoms with E-state index in [0.717, 1.165) is 55.8 Å². The number of halogens is 1. The average Bonchev–Trinajstić information content (AvgIpc) is 3.26. The van der Waals surface area contributed by atoms with Crippen LogP contribution in [0.5, 0.6) is 0 Å². The number of rotatable bonds is 7. The van der Waals surface area contributed by atoms with E-state index in [9.17, 15) is 4.79 Å². The van der Waals surface area contributed by atoms with Crippen LogP contribution in [0.3, 0.4) is 0 Å². The predicted octanol–water partition coefficient (Wildman–Crippen LogP) is 4.06. The van der Waals surface area contributed by atoms with Gasteiger partial charge >= 0.3 is 0 Å². The Kier molecular flexibility index (Phi) is 10.1. The fourth-order valence-electron chi connectivity index (χ4n) is 5.77. The zero-order valence-electron chi connectivity index (χ0n) is 22.0. The number of hydrogen-bond donors (Lipinski definition) is 1. The van der Waals surface area contributed by atoms with Gasteiger partial charge in [0, 0.05) is 36.1 Å². The van der Waals surface area contributed by atoms with Crippen LogP contribution in [0.2, 0.25) is 0 Å². The van der Waals surface area contributed by atoms with Crippen molar-refractivity contribution in [1.82, 2.24) is 14.7 Å². The summed E-state index contributed by atoms with van der Waals surface area (Å²) in [7, 11) is 0. The van der Waals surface area contributed by atoms with E-state index < -0.39 is 6.04 Å². The van der Waals surface area contributed by atoms with E-state index in [1.54, 1.807) is 0 Å². The van der Waals surface area contributed by atoms with Crippen LogP contribution < -0.4 is 5.73 Å². The number of nitrogens with two attached hydrogens (primary N) is 1. The summed E-state index contributed by atoms with van der Waals surface area (Å²) in [6.45, 7) is 9.94. The number of unbranched alkanes of at least 4 members (excludes halogenated alkanes) is 1. The summed E-state index contributed by atoms with van der Waals surface area (Å²) in [5.74, 6) is 0.359. The van der Waals surface area contributed by atoms with Gasteiger partial charge in [-0.05, 0) is 71.7 Å². The maximum absolute atomic E-state index is 13.1. The Labute approximate surface area is 225 Å². The minimum absolute atomic E-state index is 0.0210. The van der Waals surface area contributed by atoms with Gasteiger partial charge in [-0.25, -0.2) is 4.99 Å². The molecule has 5 atom stereocenters. The lowest BCUT2D eigenvalue weighted by atomic mass is 9.93. The maximum atomic E-state index is 13.1. The third-order valence-corrected chi connectivity index (χ3v) is 8.54. The van der Waals surface area contributed by atoms with Crippen molar-refractivity contribution in [2.45, 2.75) is 83.0 Å². The smallest absolute Gasteiger partial charge is 0.288 e. The molecule has 0 spiro atoms. The minimum Gasteiger partial charge on any atom is -0.459 e. The molecule has 0 aromatic carbocycles. The number of piperidine rings is 1. The van der Waals surface area contributed by atoms with Crippen LogP contribution in [-0.4, -0.2) is 90.1 Å². The fourth-order valence-corrected chi connectivity index (χ4v) is 6.11. The van der Waals surface area contributed by atoms with Crippen molar-refractivity contribution in [2.24, 2.45) is 16.6 Å². The molecule has 7 nitrogen and oxygen atoms in total. The van der Waals surface area contributed by atoms with E-state index in [2.05, 4.69) is 63.9 Å². The number of piperazine rings is 1. The Morgan fingerprint density at radius 1 is 1.17 bits per heavy atom. The van der Waals surface area contributed by atoms with E-state index in [0.29, 0.717) is 6.54 Å². The van der Waals surface area contributed by atoms with Gasteiger partial charge in [-0.3, -0.25) is 4.79 Å². The molecule has 8 heteroatoms. The van der Waals surface area contributed by atoms with Gasteiger partial charge in [0.1, 0.15) is 6.10 Å².